The second kappa shape index (κ2) is 8.71. The van der Waals surface area contributed by atoms with Gasteiger partial charge in [0.2, 0.25) is 0 Å². The molecule has 1 heterocycles. The van der Waals surface area contributed by atoms with Crippen molar-refractivity contribution in [2.24, 2.45) is 0 Å². The lowest BCUT2D eigenvalue weighted by Gasteiger charge is -2.32. The quantitative estimate of drug-likeness (QED) is 0.646. The average Bonchev–Trinajstić information content (AvgIpc) is 2.54. The average molecular weight is 301 g/mol. The molecule has 1 saturated heterocycles. The minimum absolute atomic E-state index is 0.0183. The SMILES string of the molecule is CC=CCCNC(=O)c1cccc(CN2CCN(C)CC2)c1. The third-order valence-electron chi connectivity index (χ3n) is 4.02. The highest BCUT2D eigenvalue weighted by atomic mass is 16.1. The first-order valence-electron chi connectivity index (χ1n) is 8.08. The molecular weight excluding hydrogens is 274 g/mol. The minimum atomic E-state index is 0.0183. The minimum Gasteiger partial charge on any atom is -0.352 e. The fourth-order valence-electron chi connectivity index (χ4n) is 2.61. The normalized spacial score (nSPS) is 17.0. The summed E-state index contributed by atoms with van der Waals surface area (Å²) in [6.07, 6.45) is 4.94. The lowest BCUT2D eigenvalue weighted by molar-refractivity contribution is 0.0954. The zero-order valence-corrected chi connectivity index (χ0v) is 13.7. The Bertz CT molecular complexity index is 505. The van der Waals surface area contributed by atoms with Crippen molar-refractivity contribution in [1.82, 2.24) is 15.1 Å². The second-order valence-corrected chi connectivity index (χ2v) is 5.89. The first-order chi connectivity index (χ1) is 10.7. The number of carbonyl (C=O) groups excluding carboxylic acids is 1. The zero-order chi connectivity index (χ0) is 15.8. The molecule has 4 heteroatoms. The Balaban J connectivity index is 1.87. The highest BCUT2D eigenvalue weighted by Crippen LogP contribution is 2.10. The van der Waals surface area contributed by atoms with Gasteiger partial charge in [0.25, 0.3) is 5.91 Å². The van der Waals surface area contributed by atoms with Crippen LogP contribution in [0, 0.1) is 0 Å². The van der Waals surface area contributed by atoms with Gasteiger partial charge in [-0.25, -0.2) is 0 Å². The van der Waals surface area contributed by atoms with Gasteiger partial charge in [-0.1, -0.05) is 24.3 Å². The topological polar surface area (TPSA) is 35.6 Å². The summed E-state index contributed by atoms with van der Waals surface area (Å²) >= 11 is 0. The van der Waals surface area contributed by atoms with Crippen molar-refractivity contribution in [3.63, 3.8) is 0 Å². The maximum absolute atomic E-state index is 12.1. The molecule has 22 heavy (non-hydrogen) atoms. The number of hydrogen-bond acceptors (Lipinski definition) is 3. The number of rotatable bonds is 6. The number of nitrogens with zero attached hydrogens (tertiary/aromatic N) is 2. The molecule has 1 aliphatic heterocycles. The standard InChI is InChI=1S/C18H27N3O/c1-3-4-5-9-19-18(22)17-8-6-7-16(14-17)15-21-12-10-20(2)11-13-21/h3-4,6-8,14H,5,9-13,15H2,1-2H3,(H,19,22). The zero-order valence-electron chi connectivity index (χ0n) is 13.7. The largest absolute Gasteiger partial charge is 0.352 e. The molecule has 0 spiro atoms. The van der Waals surface area contributed by atoms with E-state index >= 15 is 0 Å². The van der Waals surface area contributed by atoms with E-state index in [2.05, 4.69) is 34.3 Å². The van der Waals surface area contributed by atoms with Crippen LogP contribution in [0.4, 0.5) is 0 Å². The molecule has 0 aromatic heterocycles. The molecule has 1 amide bonds. The number of benzene rings is 1. The lowest BCUT2D eigenvalue weighted by Crippen LogP contribution is -2.43. The van der Waals surface area contributed by atoms with Crippen LogP contribution in [0.25, 0.3) is 0 Å². The van der Waals surface area contributed by atoms with E-state index in [1.165, 1.54) is 5.56 Å². The summed E-state index contributed by atoms with van der Waals surface area (Å²) in [4.78, 5) is 16.9. The van der Waals surface area contributed by atoms with Crippen molar-refractivity contribution in [2.45, 2.75) is 19.9 Å². The molecule has 0 aliphatic carbocycles. The number of amides is 1. The third-order valence-corrected chi connectivity index (χ3v) is 4.02. The summed E-state index contributed by atoms with van der Waals surface area (Å²) in [5, 5.41) is 2.96. The van der Waals surface area contributed by atoms with Crippen molar-refractivity contribution in [3.05, 3.63) is 47.5 Å². The number of nitrogens with one attached hydrogen (secondary N) is 1. The second-order valence-electron chi connectivity index (χ2n) is 5.89. The highest BCUT2D eigenvalue weighted by Gasteiger charge is 2.14. The van der Waals surface area contributed by atoms with Crippen molar-refractivity contribution in [3.8, 4) is 0 Å². The third kappa shape index (κ3) is 5.28. The van der Waals surface area contributed by atoms with Gasteiger partial charge in [0.15, 0.2) is 0 Å². The number of carbonyl (C=O) groups is 1. The molecule has 0 atom stereocenters. The maximum atomic E-state index is 12.1. The van der Waals surface area contributed by atoms with E-state index < -0.39 is 0 Å². The van der Waals surface area contributed by atoms with Crippen molar-refractivity contribution < 1.29 is 4.79 Å². The van der Waals surface area contributed by atoms with E-state index in [0.717, 1.165) is 44.7 Å². The Morgan fingerprint density at radius 1 is 1.27 bits per heavy atom. The number of hydrogen-bond donors (Lipinski definition) is 1. The number of allylic oxidation sites excluding steroid dienone is 1. The van der Waals surface area contributed by atoms with E-state index in [-0.39, 0.29) is 5.91 Å². The summed E-state index contributed by atoms with van der Waals surface area (Å²) in [5.41, 5.74) is 1.97. The van der Waals surface area contributed by atoms with E-state index in [0.29, 0.717) is 6.54 Å². The molecule has 0 saturated carbocycles. The van der Waals surface area contributed by atoms with Gasteiger partial charge in [-0.15, -0.1) is 0 Å². The number of piperazine rings is 1. The molecule has 0 unspecified atom stereocenters. The molecular formula is C18H27N3O. The molecule has 1 fully saturated rings. The summed E-state index contributed by atoms with van der Waals surface area (Å²) in [6.45, 7) is 8.02. The first-order valence-corrected chi connectivity index (χ1v) is 8.08. The van der Waals surface area contributed by atoms with Crippen LogP contribution in [0.15, 0.2) is 36.4 Å². The van der Waals surface area contributed by atoms with Gasteiger partial charge in [0.05, 0.1) is 0 Å². The van der Waals surface area contributed by atoms with E-state index in [9.17, 15) is 4.79 Å². The van der Waals surface area contributed by atoms with Crippen LogP contribution in [0.1, 0.15) is 29.3 Å². The van der Waals surface area contributed by atoms with Gasteiger partial charge in [-0.2, -0.15) is 0 Å². The Labute approximate surface area is 133 Å². The van der Waals surface area contributed by atoms with Crippen LogP contribution in [0.2, 0.25) is 0 Å². The molecule has 4 nitrogen and oxygen atoms in total. The summed E-state index contributed by atoms with van der Waals surface area (Å²) in [6, 6.07) is 7.99. The molecule has 1 aliphatic rings. The molecule has 1 aromatic rings. The van der Waals surface area contributed by atoms with Gasteiger partial charge >= 0.3 is 0 Å². The van der Waals surface area contributed by atoms with E-state index in [1.807, 2.05) is 31.2 Å². The van der Waals surface area contributed by atoms with E-state index in [1.54, 1.807) is 0 Å². The molecule has 2 rings (SSSR count). The van der Waals surface area contributed by atoms with Crippen LogP contribution in [-0.4, -0.2) is 55.5 Å². The Kier molecular flexibility index (Phi) is 6.62. The first kappa shape index (κ1) is 16.7. The predicted molar refractivity (Wildman–Crippen MR) is 91.0 cm³/mol. The Hall–Kier alpha value is -1.65. The Morgan fingerprint density at radius 3 is 2.77 bits per heavy atom. The number of likely N-dealkylation sites (N-methyl/N-ethyl adjacent to an activating group) is 1. The summed E-state index contributed by atoms with van der Waals surface area (Å²) in [7, 11) is 2.16. The van der Waals surface area contributed by atoms with Gasteiger partial charge < -0.3 is 10.2 Å². The molecule has 0 bridgehead atoms. The fourth-order valence-corrected chi connectivity index (χ4v) is 2.61. The highest BCUT2D eigenvalue weighted by molar-refractivity contribution is 5.94. The van der Waals surface area contributed by atoms with Gasteiger partial charge in [-0.05, 0) is 38.1 Å². The van der Waals surface area contributed by atoms with Gasteiger partial charge in [-0.3, -0.25) is 9.69 Å². The van der Waals surface area contributed by atoms with Crippen molar-refractivity contribution >= 4 is 5.91 Å². The van der Waals surface area contributed by atoms with Crippen LogP contribution in [-0.2, 0) is 6.54 Å². The van der Waals surface area contributed by atoms with Gasteiger partial charge in [0.1, 0.15) is 0 Å². The molecule has 1 aromatic carbocycles. The maximum Gasteiger partial charge on any atom is 0.251 e. The Morgan fingerprint density at radius 2 is 2.05 bits per heavy atom. The van der Waals surface area contributed by atoms with Crippen LogP contribution >= 0.6 is 0 Å². The lowest BCUT2D eigenvalue weighted by atomic mass is 10.1. The molecule has 0 radical (unpaired) electrons. The van der Waals surface area contributed by atoms with Crippen LogP contribution in [0.5, 0.6) is 0 Å². The van der Waals surface area contributed by atoms with E-state index in [4.69, 9.17) is 0 Å². The van der Waals surface area contributed by atoms with Crippen molar-refractivity contribution in [1.29, 1.82) is 0 Å². The van der Waals surface area contributed by atoms with Gasteiger partial charge in [0, 0.05) is 44.8 Å². The smallest absolute Gasteiger partial charge is 0.251 e. The molecule has 1 N–H and O–H groups in total. The van der Waals surface area contributed by atoms with Crippen molar-refractivity contribution in [2.75, 3.05) is 39.8 Å². The fraction of sp³-hybridized carbons (Fsp3) is 0.500. The summed E-state index contributed by atoms with van der Waals surface area (Å²) < 4.78 is 0. The monoisotopic (exact) mass is 301 g/mol. The van der Waals surface area contributed by atoms with Crippen LogP contribution < -0.4 is 5.32 Å². The predicted octanol–water partition coefficient (Wildman–Crippen LogP) is 2.13. The van der Waals surface area contributed by atoms with Crippen LogP contribution in [0.3, 0.4) is 0 Å². The summed E-state index contributed by atoms with van der Waals surface area (Å²) in [5.74, 6) is 0.0183. The molecule has 120 valence electrons.